The third kappa shape index (κ3) is 4.76. The zero-order valence-corrected chi connectivity index (χ0v) is 16.0. The maximum absolute atomic E-state index is 12.7. The Balaban J connectivity index is 1.66. The number of benzene rings is 2. The van der Waals surface area contributed by atoms with Gasteiger partial charge in [-0.25, -0.2) is 0 Å². The summed E-state index contributed by atoms with van der Waals surface area (Å²) in [5.74, 6) is -0.0979. The van der Waals surface area contributed by atoms with E-state index in [4.69, 9.17) is 0 Å². The van der Waals surface area contributed by atoms with Crippen LogP contribution in [0.5, 0.6) is 0 Å². The number of carbonyl (C=O) groups excluding carboxylic acids is 1. The molecule has 1 N–H and O–H groups in total. The van der Waals surface area contributed by atoms with E-state index in [1.165, 1.54) is 0 Å². The second kappa shape index (κ2) is 8.97. The van der Waals surface area contributed by atoms with Gasteiger partial charge in [-0.3, -0.25) is 14.5 Å². The van der Waals surface area contributed by atoms with E-state index in [9.17, 15) is 4.79 Å². The zero-order chi connectivity index (χ0) is 19.9. The van der Waals surface area contributed by atoms with E-state index in [0.29, 0.717) is 6.42 Å². The fourth-order valence-electron chi connectivity index (χ4n) is 3.40. The molecule has 144 valence electrons. The van der Waals surface area contributed by atoms with E-state index in [1.807, 2.05) is 42.5 Å². The van der Waals surface area contributed by atoms with Crippen LogP contribution < -0.4 is 5.32 Å². The number of pyridine rings is 1. The molecule has 0 saturated carbocycles. The van der Waals surface area contributed by atoms with Crippen molar-refractivity contribution < 1.29 is 4.79 Å². The van der Waals surface area contributed by atoms with Crippen LogP contribution in [-0.2, 0) is 17.8 Å². The van der Waals surface area contributed by atoms with Crippen LogP contribution in [0, 0.1) is 0 Å². The van der Waals surface area contributed by atoms with Gasteiger partial charge in [0.15, 0.2) is 0 Å². The Morgan fingerprint density at radius 2 is 1.66 bits per heavy atom. The Bertz CT molecular complexity index is 1050. The van der Waals surface area contributed by atoms with Crippen LogP contribution in [0.15, 0.2) is 97.5 Å². The average Bonchev–Trinajstić information content (AvgIpc) is 3.27. The quantitative estimate of drug-likeness (QED) is 0.525. The average molecular weight is 382 g/mol. The lowest BCUT2D eigenvalue weighted by molar-refractivity contribution is -0.122. The maximum Gasteiger partial charge on any atom is 0.242 e. The molecule has 1 amide bonds. The third-order valence-corrected chi connectivity index (χ3v) is 4.74. The molecule has 2 heterocycles. The molecule has 1 atom stereocenters. The number of nitrogens with zero attached hydrogens (tertiary/aromatic N) is 3. The minimum Gasteiger partial charge on any atom is -0.346 e. The number of rotatable bonds is 7. The lowest BCUT2D eigenvalue weighted by Crippen LogP contribution is -2.33. The van der Waals surface area contributed by atoms with Crippen molar-refractivity contribution >= 4 is 5.91 Å². The van der Waals surface area contributed by atoms with Crippen LogP contribution in [0.1, 0.15) is 17.3 Å². The molecule has 0 aliphatic heterocycles. The summed E-state index contributed by atoms with van der Waals surface area (Å²) in [5, 5.41) is 7.29. The smallest absolute Gasteiger partial charge is 0.242 e. The predicted molar refractivity (Wildman–Crippen MR) is 113 cm³/mol. The highest BCUT2D eigenvalue weighted by Crippen LogP contribution is 2.28. The summed E-state index contributed by atoms with van der Waals surface area (Å²) in [6.45, 7) is 0.172. The first-order chi connectivity index (χ1) is 14.3. The lowest BCUT2D eigenvalue weighted by Gasteiger charge is -2.21. The summed E-state index contributed by atoms with van der Waals surface area (Å²) in [6.07, 6.45) is 5.88. The molecular weight excluding hydrogens is 360 g/mol. The predicted octanol–water partition coefficient (Wildman–Crippen LogP) is 4.05. The van der Waals surface area contributed by atoms with E-state index in [1.54, 1.807) is 29.3 Å². The Morgan fingerprint density at radius 1 is 0.897 bits per heavy atom. The first kappa shape index (κ1) is 18.6. The molecule has 0 bridgehead atoms. The van der Waals surface area contributed by atoms with Crippen LogP contribution in [0.4, 0.5) is 0 Å². The number of nitrogens with one attached hydrogen (secondary N) is 1. The van der Waals surface area contributed by atoms with Gasteiger partial charge in [-0.05, 0) is 29.7 Å². The lowest BCUT2D eigenvalue weighted by atomic mass is 9.95. The highest BCUT2D eigenvalue weighted by Gasteiger charge is 2.20. The fraction of sp³-hybridized carbons (Fsp3) is 0.125. The second-order valence-corrected chi connectivity index (χ2v) is 6.82. The maximum atomic E-state index is 12.7. The van der Waals surface area contributed by atoms with E-state index >= 15 is 0 Å². The Kier molecular flexibility index (Phi) is 5.76. The van der Waals surface area contributed by atoms with Gasteiger partial charge in [-0.2, -0.15) is 5.10 Å². The van der Waals surface area contributed by atoms with Crippen molar-refractivity contribution in [1.82, 2.24) is 20.1 Å². The van der Waals surface area contributed by atoms with Gasteiger partial charge in [0, 0.05) is 24.2 Å². The van der Waals surface area contributed by atoms with Gasteiger partial charge < -0.3 is 5.32 Å². The molecule has 0 radical (unpaired) electrons. The molecule has 0 fully saturated rings. The van der Waals surface area contributed by atoms with Crippen molar-refractivity contribution in [3.8, 4) is 11.1 Å². The highest BCUT2D eigenvalue weighted by molar-refractivity contribution is 5.77. The van der Waals surface area contributed by atoms with Crippen molar-refractivity contribution in [2.24, 2.45) is 0 Å². The van der Waals surface area contributed by atoms with Crippen molar-refractivity contribution in [3.63, 3.8) is 0 Å². The van der Waals surface area contributed by atoms with Crippen LogP contribution in [-0.4, -0.2) is 20.7 Å². The van der Waals surface area contributed by atoms with Gasteiger partial charge in [0.1, 0.15) is 6.54 Å². The summed E-state index contributed by atoms with van der Waals surface area (Å²) in [5.41, 5.74) is 4.10. The standard InChI is InChI=1S/C24H22N4O/c29-23(18-28-16-8-15-26-28)27-22(17-19-9-3-1-4-10-19)24-21(13-7-14-25-24)20-11-5-2-6-12-20/h1-16,22H,17-18H2,(H,27,29)/t22-/m0/s1. The molecule has 2 aromatic carbocycles. The molecule has 2 aromatic heterocycles. The van der Waals surface area contributed by atoms with Gasteiger partial charge in [-0.15, -0.1) is 0 Å². The molecule has 0 spiro atoms. The normalized spacial score (nSPS) is 11.7. The molecular formula is C24H22N4O. The topological polar surface area (TPSA) is 59.8 Å². The van der Waals surface area contributed by atoms with Crippen LogP contribution >= 0.6 is 0 Å². The van der Waals surface area contributed by atoms with Crippen LogP contribution in [0.25, 0.3) is 11.1 Å². The first-order valence-corrected chi connectivity index (χ1v) is 9.60. The molecule has 0 saturated heterocycles. The molecule has 4 aromatic rings. The third-order valence-electron chi connectivity index (χ3n) is 4.74. The summed E-state index contributed by atoms with van der Waals surface area (Å²) in [4.78, 5) is 17.4. The second-order valence-electron chi connectivity index (χ2n) is 6.82. The minimum atomic E-state index is -0.253. The molecule has 0 aliphatic rings. The van der Waals surface area contributed by atoms with Crippen LogP contribution in [0.3, 0.4) is 0 Å². The number of amides is 1. The van der Waals surface area contributed by atoms with Crippen molar-refractivity contribution in [2.75, 3.05) is 0 Å². The Hall–Kier alpha value is -3.73. The summed E-state index contributed by atoms with van der Waals surface area (Å²) < 4.78 is 1.62. The molecule has 0 aliphatic carbocycles. The van der Waals surface area contributed by atoms with E-state index in [2.05, 4.69) is 45.7 Å². The molecule has 29 heavy (non-hydrogen) atoms. The van der Waals surface area contributed by atoms with Gasteiger partial charge in [-0.1, -0.05) is 66.7 Å². The molecule has 4 rings (SSSR count). The number of aromatic nitrogens is 3. The van der Waals surface area contributed by atoms with Crippen LogP contribution in [0.2, 0.25) is 0 Å². The van der Waals surface area contributed by atoms with E-state index in [0.717, 1.165) is 22.4 Å². The van der Waals surface area contributed by atoms with Crippen molar-refractivity contribution in [2.45, 2.75) is 19.0 Å². The zero-order valence-electron chi connectivity index (χ0n) is 16.0. The van der Waals surface area contributed by atoms with Gasteiger partial charge in [0.25, 0.3) is 0 Å². The number of hydrogen-bond donors (Lipinski definition) is 1. The van der Waals surface area contributed by atoms with Crippen molar-refractivity contribution in [1.29, 1.82) is 0 Å². The Labute approximate surface area is 170 Å². The van der Waals surface area contributed by atoms with Gasteiger partial charge in [0.05, 0.1) is 11.7 Å². The first-order valence-electron chi connectivity index (χ1n) is 9.60. The minimum absolute atomic E-state index is 0.0979. The summed E-state index contributed by atoms with van der Waals surface area (Å²) >= 11 is 0. The summed E-state index contributed by atoms with van der Waals surface area (Å²) in [7, 11) is 0. The molecule has 0 unspecified atom stereocenters. The van der Waals surface area contributed by atoms with E-state index in [-0.39, 0.29) is 18.5 Å². The summed E-state index contributed by atoms with van der Waals surface area (Å²) in [6, 6.07) is 25.8. The monoisotopic (exact) mass is 382 g/mol. The van der Waals surface area contributed by atoms with E-state index < -0.39 is 0 Å². The number of hydrogen-bond acceptors (Lipinski definition) is 3. The van der Waals surface area contributed by atoms with Gasteiger partial charge >= 0.3 is 0 Å². The molecule has 5 heteroatoms. The largest absolute Gasteiger partial charge is 0.346 e. The highest BCUT2D eigenvalue weighted by atomic mass is 16.2. The molecule has 5 nitrogen and oxygen atoms in total. The Morgan fingerprint density at radius 3 is 2.38 bits per heavy atom. The number of carbonyl (C=O) groups is 1. The fourth-order valence-corrected chi connectivity index (χ4v) is 3.40. The van der Waals surface area contributed by atoms with Gasteiger partial charge in [0.2, 0.25) is 5.91 Å². The van der Waals surface area contributed by atoms with Crippen molar-refractivity contribution in [3.05, 3.63) is 109 Å². The SMILES string of the molecule is O=C(Cn1cccn1)N[C@@H](Cc1ccccc1)c1ncccc1-c1ccccc1.